The predicted molar refractivity (Wildman–Crippen MR) is 88.6 cm³/mol. The molecule has 1 N–H and O–H groups in total. The van der Waals surface area contributed by atoms with Gasteiger partial charge in [0.05, 0.1) is 16.2 Å². The SMILES string of the molecule is C[C@@H](Oc1ccc([N+](=O)[O-])cc1C=O)C(=O)Nc1ccc(Cl)cc1F. The molecule has 0 aliphatic carbocycles. The quantitative estimate of drug-likeness (QED) is 0.478. The molecule has 2 rings (SSSR count). The number of halogens is 2. The summed E-state index contributed by atoms with van der Waals surface area (Å²) in [6.45, 7) is 1.39. The second-order valence-corrected chi connectivity index (χ2v) is 5.41. The minimum Gasteiger partial charge on any atom is -0.480 e. The lowest BCUT2D eigenvalue weighted by molar-refractivity contribution is -0.384. The lowest BCUT2D eigenvalue weighted by Gasteiger charge is -2.16. The molecule has 0 aliphatic rings. The van der Waals surface area contributed by atoms with Gasteiger partial charge in [-0.1, -0.05) is 11.6 Å². The van der Waals surface area contributed by atoms with Crippen molar-refractivity contribution in [3.63, 3.8) is 0 Å². The van der Waals surface area contributed by atoms with Gasteiger partial charge in [0.15, 0.2) is 12.4 Å². The van der Waals surface area contributed by atoms with E-state index in [1.165, 1.54) is 25.1 Å². The minimum absolute atomic E-state index is 0.000159. The van der Waals surface area contributed by atoms with E-state index in [1.807, 2.05) is 0 Å². The number of nitro benzene ring substituents is 1. The van der Waals surface area contributed by atoms with E-state index in [0.29, 0.717) is 6.29 Å². The van der Waals surface area contributed by atoms with Crippen molar-refractivity contribution in [1.29, 1.82) is 0 Å². The second-order valence-electron chi connectivity index (χ2n) is 4.97. The van der Waals surface area contributed by atoms with Gasteiger partial charge >= 0.3 is 0 Å². The number of benzene rings is 2. The zero-order valence-electron chi connectivity index (χ0n) is 12.9. The highest BCUT2D eigenvalue weighted by Gasteiger charge is 2.19. The summed E-state index contributed by atoms with van der Waals surface area (Å²) in [7, 11) is 0. The van der Waals surface area contributed by atoms with Gasteiger partial charge in [-0.25, -0.2) is 4.39 Å². The highest BCUT2D eigenvalue weighted by Crippen LogP contribution is 2.24. The Balaban J connectivity index is 2.13. The molecule has 2 aromatic rings. The van der Waals surface area contributed by atoms with Gasteiger partial charge in [-0.05, 0) is 31.2 Å². The van der Waals surface area contributed by atoms with Crippen LogP contribution in [-0.2, 0) is 4.79 Å². The van der Waals surface area contributed by atoms with E-state index in [0.717, 1.165) is 18.2 Å². The van der Waals surface area contributed by atoms with Gasteiger partial charge in [-0.2, -0.15) is 0 Å². The first-order valence-electron chi connectivity index (χ1n) is 6.98. The van der Waals surface area contributed by atoms with Crippen molar-refractivity contribution in [3.8, 4) is 5.75 Å². The molecule has 0 bridgehead atoms. The number of rotatable bonds is 6. The molecule has 1 amide bonds. The fourth-order valence-electron chi connectivity index (χ4n) is 1.92. The maximum Gasteiger partial charge on any atom is 0.270 e. The van der Waals surface area contributed by atoms with E-state index in [2.05, 4.69) is 5.32 Å². The first kappa shape index (κ1) is 18.3. The number of amides is 1. The van der Waals surface area contributed by atoms with Crippen molar-refractivity contribution in [3.05, 3.63) is 62.9 Å². The Morgan fingerprint density at radius 2 is 2.08 bits per heavy atom. The number of aldehydes is 1. The van der Waals surface area contributed by atoms with E-state index >= 15 is 0 Å². The third kappa shape index (κ3) is 4.51. The third-order valence-corrected chi connectivity index (χ3v) is 3.43. The molecule has 0 radical (unpaired) electrons. The third-order valence-electron chi connectivity index (χ3n) is 3.19. The molecule has 2 aromatic carbocycles. The van der Waals surface area contributed by atoms with E-state index in [-0.39, 0.29) is 27.7 Å². The largest absolute Gasteiger partial charge is 0.480 e. The molecular weight excluding hydrogens is 355 g/mol. The van der Waals surface area contributed by atoms with Crippen LogP contribution in [0.4, 0.5) is 15.8 Å². The van der Waals surface area contributed by atoms with E-state index in [1.54, 1.807) is 0 Å². The van der Waals surface area contributed by atoms with Crippen LogP contribution in [0.5, 0.6) is 5.75 Å². The van der Waals surface area contributed by atoms with Crippen molar-refractivity contribution in [1.82, 2.24) is 0 Å². The fraction of sp³-hybridized carbons (Fsp3) is 0.125. The number of hydrogen-bond donors (Lipinski definition) is 1. The molecule has 0 spiro atoms. The van der Waals surface area contributed by atoms with E-state index < -0.39 is 22.8 Å². The van der Waals surface area contributed by atoms with E-state index in [4.69, 9.17) is 16.3 Å². The van der Waals surface area contributed by atoms with Gasteiger partial charge in [-0.15, -0.1) is 0 Å². The van der Waals surface area contributed by atoms with Crippen LogP contribution in [0.1, 0.15) is 17.3 Å². The molecule has 0 unspecified atom stereocenters. The Kier molecular flexibility index (Phi) is 5.66. The average Bonchev–Trinajstić information content (AvgIpc) is 2.57. The molecular formula is C16H12ClFN2O5. The zero-order chi connectivity index (χ0) is 18.6. The van der Waals surface area contributed by atoms with Crippen LogP contribution < -0.4 is 10.1 Å². The Labute approximate surface area is 146 Å². The predicted octanol–water partition coefficient (Wildman–Crippen LogP) is 3.61. The Morgan fingerprint density at radius 3 is 2.68 bits per heavy atom. The fourth-order valence-corrected chi connectivity index (χ4v) is 2.08. The molecule has 0 saturated carbocycles. The number of ether oxygens (including phenoxy) is 1. The number of nitrogens with one attached hydrogen (secondary N) is 1. The van der Waals surface area contributed by atoms with Crippen LogP contribution in [0.2, 0.25) is 5.02 Å². The van der Waals surface area contributed by atoms with Crippen LogP contribution in [0.25, 0.3) is 0 Å². The van der Waals surface area contributed by atoms with Gasteiger partial charge in [0, 0.05) is 17.2 Å². The maximum absolute atomic E-state index is 13.7. The van der Waals surface area contributed by atoms with Crippen molar-refractivity contribution in [2.45, 2.75) is 13.0 Å². The molecule has 0 fully saturated rings. The highest BCUT2D eigenvalue weighted by molar-refractivity contribution is 6.30. The minimum atomic E-state index is -1.09. The molecule has 0 aromatic heterocycles. The van der Waals surface area contributed by atoms with Gasteiger partial charge in [0.2, 0.25) is 0 Å². The Bertz CT molecular complexity index is 843. The van der Waals surface area contributed by atoms with Crippen molar-refractivity contribution in [2.24, 2.45) is 0 Å². The molecule has 0 saturated heterocycles. The zero-order valence-corrected chi connectivity index (χ0v) is 13.6. The number of hydrogen-bond acceptors (Lipinski definition) is 5. The average molecular weight is 367 g/mol. The summed E-state index contributed by atoms with van der Waals surface area (Å²) in [5, 5.41) is 13.2. The number of non-ortho nitro benzene ring substituents is 1. The van der Waals surface area contributed by atoms with Crippen LogP contribution in [0, 0.1) is 15.9 Å². The summed E-state index contributed by atoms with van der Waals surface area (Å²) in [6.07, 6.45) is -0.707. The van der Waals surface area contributed by atoms with Crippen LogP contribution in [-0.4, -0.2) is 23.2 Å². The number of nitro groups is 1. The topological polar surface area (TPSA) is 98.5 Å². The standard InChI is InChI=1S/C16H12ClFN2O5/c1-9(16(22)19-14-4-2-11(17)7-13(14)18)25-15-5-3-12(20(23)24)6-10(15)8-21/h2-9H,1H3,(H,19,22)/t9-/m1/s1. The van der Waals surface area contributed by atoms with Gasteiger partial charge in [-0.3, -0.25) is 19.7 Å². The summed E-state index contributed by atoms with van der Waals surface area (Å²) in [5.41, 5.74) is -0.439. The first-order chi connectivity index (χ1) is 11.8. The molecule has 0 aliphatic heterocycles. The number of carbonyl (C=O) groups is 2. The lowest BCUT2D eigenvalue weighted by Crippen LogP contribution is -2.30. The second kappa shape index (κ2) is 7.71. The summed E-state index contributed by atoms with van der Waals surface area (Å²) in [6, 6.07) is 7.15. The van der Waals surface area contributed by atoms with Gasteiger partial charge < -0.3 is 10.1 Å². The van der Waals surface area contributed by atoms with Crippen LogP contribution in [0.15, 0.2) is 36.4 Å². The maximum atomic E-state index is 13.7. The van der Waals surface area contributed by atoms with Crippen LogP contribution in [0.3, 0.4) is 0 Å². The molecule has 1 atom stereocenters. The van der Waals surface area contributed by atoms with Gasteiger partial charge in [0.1, 0.15) is 11.6 Å². The van der Waals surface area contributed by atoms with Crippen molar-refractivity contribution in [2.75, 3.05) is 5.32 Å². The van der Waals surface area contributed by atoms with Crippen molar-refractivity contribution >= 4 is 35.2 Å². The Hall–Kier alpha value is -3.00. The van der Waals surface area contributed by atoms with Crippen molar-refractivity contribution < 1.29 is 23.6 Å². The Morgan fingerprint density at radius 1 is 1.36 bits per heavy atom. The van der Waals surface area contributed by atoms with Crippen LogP contribution >= 0.6 is 11.6 Å². The number of anilines is 1. The summed E-state index contributed by atoms with van der Waals surface area (Å²) < 4.78 is 19.0. The molecule has 9 heteroatoms. The van der Waals surface area contributed by atoms with E-state index in [9.17, 15) is 24.1 Å². The molecule has 0 heterocycles. The highest BCUT2D eigenvalue weighted by atomic mass is 35.5. The summed E-state index contributed by atoms with van der Waals surface area (Å²) >= 11 is 5.63. The van der Waals surface area contributed by atoms with Gasteiger partial charge in [0.25, 0.3) is 11.6 Å². The normalized spacial score (nSPS) is 11.5. The monoisotopic (exact) mass is 366 g/mol. The number of nitrogens with zero attached hydrogens (tertiary/aromatic N) is 1. The molecule has 7 nitrogen and oxygen atoms in total. The smallest absolute Gasteiger partial charge is 0.270 e. The molecule has 25 heavy (non-hydrogen) atoms. The number of carbonyl (C=O) groups excluding carboxylic acids is 2. The first-order valence-corrected chi connectivity index (χ1v) is 7.36. The molecule has 130 valence electrons. The lowest BCUT2D eigenvalue weighted by atomic mass is 10.2. The summed E-state index contributed by atoms with van der Waals surface area (Å²) in [5.74, 6) is -1.38. The summed E-state index contributed by atoms with van der Waals surface area (Å²) in [4.78, 5) is 33.2.